The second-order valence-corrected chi connectivity index (χ2v) is 5.96. The summed E-state index contributed by atoms with van der Waals surface area (Å²) in [5.41, 5.74) is 0.449. The standard InChI is InChI=1S/C19H13FN2O3/c1-10(22-18(24)12-6-2-3-7-13(12)19(22)25)14-9-11-5-4-8-15(20)16(11)21-17(14)23/h2-10H,1H3,(H,21,23). The van der Waals surface area contributed by atoms with Crippen molar-refractivity contribution in [1.29, 1.82) is 0 Å². The van der Waals surface area contributed by atoms with Crippen molar-refractivity contribution in [2.75, 3.05) is 0 Å². The Bertz CT molecular complexity index is 1070. The highest BCUT2D eigenvalue weighted by Crippen LogP contribution is 2.30. The molecule has 4 rings (SSSR count). The van der Waals surface area contributed by atoms with Crippen LogP contribution in [0.4, 0.5) is 4.39 Å². The lowest BCUT2D eigenvalue weighted by Crippen LogP contribution is -2.35. The first-order valence-corrected chi connectivity index (χ1v) is 7.77. The number of hydrogen-bond donors (Lipinski definition) is 1. The van der Waals surface area contributed by atoms with E-state index in [1.807, 2.05) is 0 Å². The number of nitrogens with one attached hydrogen (secondary N) is 1. The molecule has 1 unspecified atom stereocenters. The number of carbonyl (C=O) groups excluding carboxylic acids is 2. The highest BCUT2D eigenvalue weighted by molar-refractivity contribution is 6.21. The van der Waals surface area contributed by atoms with Gasteiger partial charge in [-0.3, -0.25) is 19.3 Å². The third-order valence-corrected chi connectivity index (χ3v) is 4.52. The number of fused-ring (bicyclic) bond motifs is 2. The molecule has 2 aromatic carbocycles. The van der Waals surface area contributed by atoms with E-state index in [2.05, 4.69) is 4.98 Å². The fourth-order valence-corrected chi connectivity index (χ4v) is 3.22. The number of para-hydroxylation sites is 1. The average Bonchev–Trinajstić information content (AvgIpc) is 2.86. The van der Waals surface area contributed by atoms with Gasteiger partial charge in [0.25, 0.3) is 17.4 Å². The van der Waals surface area contributed by atoms with Crippen LogP contribution in [-0.2, 0) is 0 Å². The maximum absolute atomic E-state index is 13.8. The molecule has 0 fully saturated rings. The van der Waals surface area contributed by atoms with Gasteiger partial charge >= 0.3 is 0 Å². The van der Waals surface area contributed by atoms with Crippen LogP contribution in [0, 0.1) is 5.82 Å². The molecule has 0 radical (unpaired) electrons. The molecule has 1 aromatic heterocycles. The van der Waals surface area contributed by atoms with Crippen LogP contribution in [0.3, 0.4) is 0 Å². The minimum Gasteiger partial charge on any atom is -0.319 e. The molecule has 2 heterocycles. The van der Waals surface area contributed by atoms with Crippen molar-refractivity contribution in [3.8, 4) is 0 Å². The van der Waals surface area contributed by atoms with Crippen LogP contribution >= 0.6 is 0 Å². The minimum atomic E-state index is -0.774. The van der Waals surface area contributed by atoms with E-state index in [4.69, 9.17) is 0 Å². The maximum Gasteiger partial charge on any atom is 0.262 e. The van der Waals surface area contributed by atoms with Gasteiger partial charge in [-0.15, -0.1) is 0 Å². The fraction of sp³-hybridized carbons (Fsp3) is 0.105. The number of pyridine rings is 1. The molecule has 3 aromatic rings. The van der Waals surface area contributed by atoms with Gasteiger partial charge in [0.05, 0.1) is 22.7 Å². The molecule has 124 valence electrons. The summed E-state index contributed by atoms with van der Waals surface area (Å²) < 4.78 is 13.8. The van der Waals surface area contributed by atoms with Gasteiger partial charge in [0, 0.05) is 10.9 Å². The molecule has 1 atom stereocenters. The number of hydrogen-bond acceptors (Lipinski definition) is 3. The lowest BCUT2D eigenvalue weighted by atomic mass is 10.1. The molecule has 1 aliphatic heterocycles. The van der Waals surface area contributed by atoms with Gasteiger partial charge in [-0.1, -0.05) is 24.3 Å². The second-order valence-electron chi connectivity index (χ2n) is 5.96. The Hall–Kier alpha value is -3.28. The Balaban J connectivity index is 1.83. The van der Waals surface area contributed by atoms with E-state index in [1.165, 1.54) is 18.2 Å². The molecule has 0 aliphatic carbocycles. The van der Waals surface area contributed by atoms with Crippen molar-refractivity contribution in [3.63, 3.8) is 0 Å². The van der Waals surface area contributed by atoms with Crippen molar-refractivity contribution in [3.05, 3.63) is 81.4 Å². The number of rotatable bonds is 2. The van der Waals surface area contributed by atoms with E-state index in [9.17, 15) is 18.8 Å². The van der Waals surface area contributed by atoms with Crippen molar-refractivity contribution < 1.29 is 14.0 Å². The summed E-state index contributed by atoms with van der Waals surface area (Å²) in [6.45, 7) is 1.61. The number of imide groups is 1. The number of benzene rings is 2. The first-order chi connectivity index (χ1) is 12.0. The molecule has 0 saturated heterocycles. The first-order valence-electron chi connectivity index (χ1n) is 7.77. The average molecular weight is 336 g/mol. The van der Waals surface area contributed by atoms with Crippen molar-refractivity contribution in [1.82, 2.24) is 9.88 Å². The normalized spacial score (nSPS) is 14.9. The van der Waals surface area contributed by atoms with Crippen molar-refractivity contribution >= 4 is 22.7 Å². The predicted octanol–water partition coefficient (Wildman–Crippen LogP) is 3.02. The van der Waals surface area contributed by atoms with Gasteiger partial charge in [0.15, 0.2) is 0 Å². The Morgan fingerprint density at radius 3 is 2.24 bits per heavy atom. The van der Waals surface area contributed by atoms with E-state index < -0.39 is 29.2 Å². The van der Waals surface area contributed by atoms with E-state index >= 15 is 0 Å². The van der Waals surface area contributed by atoms with E-state index in [0.717, 1.165) is 4.90 Å². The van der Waals surface area contributed by atoms with Gasteiger partial charge in [-0.05, 0) is 31.2 Å². The highest BCUT2D eigenvalue weighted by Gasteiger charge is 2.39. The molecular formula is C19H13FN2O3. The van der Waals surface area contributed by atoms with Crippen molar-refractivity contribution in [2.24, 2.45) is 0 Å². The lowest BCUT2D eigenvalue weighted by molar-refractivity contribution is 0.0594. The van der Waals surface area contributed by atoms with Crippen LogP contribution < -0.4 is 5.56 Å². The van der Waals surface area contributed by atoms with Gasteiger partial charge in [0.2, 0.25) is 0 Å². The zero-order valence-corrected chi connectivity index (χ0v) is 13.2. The quantitative estimate of drug-likeness (QED) is 0.731. The summed E-state index contributed by atoms with van der Waals surface area (Å²) in [6.07, 6.45) is 0. The molecule has 2 amide bonds. The SMILES string of the molecule is CC(c1cc2cccc(F)c2[nH]c1=O)N1C(=O)c2ccccc2C1=O. The Kier molecular flexibility index (Phi) is 3.28. The van der Waals surface area contributed by atoms with Gasteiger partial charge < -0.3 is 4.98 Å². The number of aromatic nitrogens is 1. The molecule has 6 heteroatoms. The predicted molar refractivity (Wildman–Crippen MR) is 89.9 cm³/mol. The highest BCUT2D eigenvalue weighted by atomic mass is 19.1. The van der Waals surface area contributed by atoms with Crippen molar-refractivity contribution in [2.45, 2.75) is 13.0 Å². The van der Waals surface area contributed by atoms with E-state index in [1.54, 1.807) is 37.3 Å². The van der Waals surface area contributed by atoms with Crippen LogP contribution in [0.2, 0.25) is 0 Å². The van der Waals surface area contributed by atoms with Gasteiger partial charge in [-0.25, -0.2) is 4.39 Å². The van der Waals surface area contributed by atoms with Gasteiger partial charge in [0.1, 0.15) is 5.82 Å². The smallest absolute Gasteiger partial charge is 0.262 e. The number of amides is 2. The summed E-state index contributed by atoms with van der Waals surface area (Å²) >= 11 is 0. The second kappa shape index (κ2) is 5.37. The van der Waals surface area contributed by atoms with Crippen LogP contribution in [0.5, 0.6) is 0 Å². The molecule has 1 N–H and O–H groups in total. The summed E-state index contributed by atoms with van der Waals surface area (Å²) in [5, 5.41) is 0.498. The molecule has 25 heavy (non-hydrogen) atoms. The Labute approximate surface area is 141 Å². The number of halogens is 1. The summed E-state index contributed by atoms with van der Waals surface area (Å²) in [5.74, 6) is -1.41. The molecule has 0 bridgehead atoms. The lowest BCUT2D eigenvalue weighted by Gasteiger charge is -2.22. The molecular weight excluding hydrogens is 323 g/mol. The molecule has 5 nitrogen and oxygen atoms in total. The van der Waals surface area contributed by atoms with E-state index in [0.29, 0.717) is 16.5 Å². The summed E-state index contributed by atoms with van der Waals surface area (Å²) in [6, 6.07) is 11.7. The Morgan fingerprint density at radius 2 is 1.60 bits per heavy atom. The zero-order valence-electron chi connectivity index (χ0n) is 13.2. The third-order valence-electron chi connectivity index (χ3n) is 4.52. The fourth-order valence-electron chi connectivity index (χ4n) is 3.22. The van der Waals surface area contributed by atoms with E-state index in [-0.39, 0.29) is 11.1 Å². The molecule has 0 saturated carbocycles. The number of H-pyrrole nitrogens is 1. The summed E-state index contributed by atoms with van der Waals surface area (Å²) in [7, 11) is 0. The third kappa shape index (κ3) is 2.18. The van der Waals surface area contributed by atoms with Crippen LogP contribution in [0.25, 0.3) is 10.9 Å². The number of nitrogens with zero attached hydrogens (tertiary/aromatic N) is 1. The number of aromatic amines is 1. The van der Waals surface area contributed by atoms with Crippen LogP contribution in [-0.4, -0.2) is 21.7 Å². The number of carbonyl (C=O) groups is 2. The summed E-state index contributed by atoms with van der Waals surface area (Å²) in [4.78, 5) is 41.1. The van der Waals surface area contributed by atoms with Crippen LogP contribution in [0.1, 0.15) is 39.2 Å². The zero-order chi connectivity index (χ0) is 17.7. The topological polar surface area (TPSA) is 70.2 Å². The first kappa shape index (κ1) is 15.3. The molecule has 0 spiro atoms. The monoisotopic (exact) mass is 336 g/mol. The van der Waals surface area contributed by atoms with Crippen LogP contribution in [0.15, 0.2) is 53.3 Å². The molecule has 1 aliphatic rings. The maximum atomic E-state index is 13.8. The minimum absolute atomic E-state index is 0.103. The largest absolute Gasteiger partial charge is 0.319 e. The Morgan fingerprint density at radius 1 is 0.960 bits per heavy atom. The van der Waals surface area contributed by atoms with Gasteiger partial charge in [-0.2, -0.15) is 0 Å².